The number of hydrazone groups is 1. The van der Waals surface area contributed by atoms with Gasteiger partial charge in [0.1, 0.15) is 12.4 Å². The lowest BCUT2D eigenvalue weighted by Gasteiger charge is -2.27. The van der Waals surface area contributed by atoms with E-state index in [1.807, 2.05) is 54.6 Å². The van der Waals surface area contributed by atoms with Crippen molar-refractivity contribution in [2.75, 3.05) is 0 Å². The van der Waals surface area contributed by atoms with Crippen LogP contribution in [0.4, 0.5) is 0 Å². The highest BCUT2D eigenvalue weighted by Gasteiger charge is 2.39. The molecule has 1 amide bonds. The van der Waals surface area contributed by atoms with E-state index in [2.05, 4.69) is 42.6 Å². The highest BCUT2D eigenvalue weighted by molar-refractivity contribution is 5.92. The summed E-state index contributed by atoms with van der Waals surface area (Å²) >= 11 is 0. The molecular weight excluding hydrogens is 496 g/mol. The van der Waals surface area contributed by atoms with Crippen LogP contribution in [0.5, 0.6) is 5.75 Å². The molecule has 4 aromatic rings. The van der Waals surface area contributed by atoms with Crippen molar-refractivity contribution in [2.45, 2.75) is 32.0 Å². The molecule has 40 heavy (non-hydrogen) atoms. The molecule has 0 radical (unpaired) electrons. The van der Waals surface area contributed by atoms with Crippen LogP contribution in [0.25, 0.3) is 0 Å². The van der Waals surface area contributed by atoms with Gasteiger partial charge < -0.3 is 9.84 Å². The number of carbonyl (C=O) groups is 1. The lowest BCUT2D eigenvalue weighted by molar-refractivity contribution is -0.136. The molecule has 0 saturated heterocycles. The minimum atomic E-state index is -1.88. The fourth-order valence-corrected chi connectivity index (χ4v) is 5.13. The van der Waals surface area contributed by atoms with E-state index in [1.54, 1.807) is 54.7 Å². The van der Waals surface area contributed by atoms with E-state index < -0.39 is 11.5 Å². The fraction of sp³-hybridized carbons (Fsp3) is 0.143. The Kier molecular flexibility index (Phi) is 8.04. The van der Waals surface area contributed by atoms with E-state index in [4.69, 9.17) is 4.74 Å². The average Bonchev–Trinajstić information content (AvgIpc) is 3.29. The van der Waals surface area contributed by atoms with E-state index in [0.29, 0.717) is 17.7 Å². The minimum Gasteiger partial charge on any atom is -0.489 e. The molecule has 1 aliphatic carbocycles. The van der Waals surface area contributed by atoms with Gasteiger partial charge in [-0.15, -0.1) is 0 Å². The third-order valence-electron chi connectivity index (χ3n) is 7.27. The Hall–Kier alpha value is -4.74. The second-order valence-corrected chi connectivity index (χ2v) is 9.94. The van der Waals surface area contributed by atoms with Gasteiger partial charge in [-0.25, -0.2) is 5.43 Å². The second kappa shape index (κ2) is 12.0. The molecule has 0 heterocycles. The maximum Gasteiger partial charge on any atom is 0.281 e. The molecule has 5 rings (SSSR count). The number of amides is 1. The van der Waals surface area contributed by atoms with Gasteiger partial charge >= 0.3 is 0 Å². The highest BCUT2D eigenvalue weighted by Crippen LogP contribution is 2.39. The Bertz CT molecular complexity index is 1500. The fourth-order valence-electron chi connectivity index (χ4n) is 5.13. The molecule has 0 unspecified atom stereocenters. The van der Waals surface area contributed by atoms with Crippen LogP contribution in [0.15, 0.2) is 143 Å². The third-order valence-corrected chi connectivity index (χ3v) is 7.27. The van der Waals surface area contributed by atoms with Crippen molar-refractivity contribution < 1.29 is 14.6 Å². The summed E-state index contributed by atoms with van der Waals surface area (Å²) in [5.41, 5.74) is 7.17. The second-order valence-electron chi connectivity index (χ2n) is 9.94. The molecule has 0 aliphatic heterocycles. The Morgan fingerprint density at radius 2 is 1.40 bits per heavy atom. The lowest BCUT2D eigenvalue weighted by Crippen LogP contribution is -2.43. The number of hydrogen-bond acceptors (Lipinski definition) is 4. The number of ether oxygens (including phenoxy) is 1. The van der Waals surface area contributed by atoms with Gasteiger partial charge in [0, 0.05) is 5.92 Å². The van der Waals surface area contributed by atoms with Crippen LogP contribution in [0.2, 0.25) is 0 Å². The summed E-state index contributed by atoms with van der Waals surface area (Å²) in [6.07, 6.45) is 3.72. The zero-order chi connectivity index (χ0) is 28.0. The molecule has 0 fully saturated rings. The summed E-state index contributed by atoms with van der Waals surface area (Å²) in [7, 11) is 0. The normalized spacial score (nSPS) is 15.3. The first-order chi connectivity index (χ1) is 19.5. The molecule has 5 heteroatoms. The summed E-state index contributed by atoms with van der Waals surface area (Å²) in [4.78, 5) is 13.3. The number of aliphatic hydroxyl groups is 1. The van der Waals surface area contributed by atoms with Gasteiger partial charge in [-0.2, -0.15) is 5.10 Å². The van der Waals surface area contributed by atoms with Crippen LogP contribution in [0.3, 0.4) is 0 Å². The summed E-state index contributed by atoms with van der Waals surface area (Å²) in [6.45, 7) is 4.69. The van der Waals surface area contributed by atoms with Gasteiger partial charge in [0.15, 0.2) is 5.60 Å². The standard InChI is InChI=1S/C35H32N2O3/c1-25-22-29(26(2)33(25)28-18-20-32(21-19-28)40-24-27-12-6-3-7-13-27)23-36-37-34(38)35(39,30-14-8-4-9-15-30)31-16-10-5-11-17-31/h3-23,33,39H,24H2,1-2H3,(H,37,38)/b36-23+/t33-/m0/s1. The summed E-state index contributed by atoms with van der Waals surface area (Å²) in [5, 5.41) is 15.8. The molecule has 1 atom stereocenters. The minimum absolute atomic E-state index is 0.117. The Morgan fingerprint density at radius 3 is 1.98 bits per heavy atom. The van der Waals surface area contributed by atoms with Gasteiger partial charge in [-0.1, -0.05) is 120 Å². The average molecular weight is 529 g/mol. The predicted molar refractivity (Wildman–Crippen MR) is 159 cm³/mol. The first kappa shape index (κ1) is 26.9. The number of benzene rings is 4. The molecule has 0 aromatic heterocycles. The van der Waals surface area contributed by atoms with Crippen molar-refractivity contribution in [1.82, 2.24) is 5.43 Å². The van der Waals surface area contributed by atoms with Gasteiger partial charge in [0.2, 0.25) is 0 Å². The van der Waals surface area contributed by atoms with Gasteiger partial charge in [0.05, 0.1) is 6.21 Å². The predicted octanol–water partition coefficient (Wildman–Crippen LogP) is 6.66. The molecule has 4 aromatic carbocycles. The maximum absolute atomic E-state index is 13.3. The highest BCUT2D eigenvalue weighted by atomic mass is 16.5. The van der Waals surface area contributed by atoms with E-state index in [-0.39, 0.29) is 5.92 Å². The molecule has 0 bridgehead atoms. The smallest absolute Gasteiger partial charge is 0.281 e. The number of nitrogens with one attached hydrogen (secondary N) is 1. The van der Waals surface area contributed by atoms with Crippen LogP contribution in [0, 0.1) is 0 Å². The SMILES string of the molecule is CC1=CC(/C=N/NC(=O)C(O)(c2ccccc2)c2ccccc2)=C(C)[C@H]1c1ccc(OCc2ccccc2)cc1. The molecule has 1 aliphatic rings. The van der Waals surface area contributed by atoms with Gasteiger partial charge in [-0.05, 0) is 53.8 Å². The first-order valence-corrected chi connectivity index (χ1v) is 13.3. The van der Waals surface area contributed by atoms with Crippen LogP contribution < -0.4 is 10.2 Å². The van der Waals surface area contributed by atoms with Gasteiger partial charge in [0.25, 0.3) is 5.91 Å². The Morgan fingerprint density at radius 1 is 0.850 bits per heavy atom. The van der Waals surface area contributed by atoms with Crippen LogP contribution in [0.1, 0.15) is 42.0 Å². The van der Waals surface area contributed by atoms with Crippen molar-refractivity contribution in [1.29, 1.82) is 0 Å². The first-order valence-electron chi connectivity index (χ1n) is 13.3. The van der Waals surface area contributed by atoms with Gasteiger partial charge in [-0.3, -0.25) is 4.79 Å². The van der Waals surface area contributed by atoms with Crippen LogP contribution in [-0.4, -0.2) is 17.2 Å². The molecule has 5 nitrogen and oxygen atoms in total. The number of allylic oxidation sites excluding steroid dienone is 4. The number of carbonyl (C=O) groups excluding carboxylic acids is 1. The van der Waals surface area contributed by atoms with Crippen LogP contribution >= 0.6 is 0 Å². The lowest BCUT2D eigenvalue weighted by atomic mass is 9.85. The van der Waals surface area contributed by atoms with Crippen molar-refractivity contribution in [2.24, 2.45) is 5.10 Å². The van der Waals surface area contributed by atoms with Crippen molar-refractivity contribution in [3.8, 4) is 5.75 Å². The van der Waals surface area contributed by atoms with E-state index >= 15 is 0 Å². The van der Waals surface area contributed by atoms with E-state index in [9.17, 15) is 9.90 Å². The van der Waals surface area contributed by atoms with Crippen molar-refractivity contribution >= 4 is 12.1 Å². The number of nitrogens with zero attached hydrogens (tertiary/aromatic N) is 1. The van der Waals surface area contributed by atoms with E-state index in [0.717, 1.165) is 28.0 Å². The molecule has 2 N–H and O–H groups in total. The molecule has 0 spiro atoms. The molecule has 200 valence electrons. The Balaban J connectivity index is 1.29. The Labute approximate surface area is 235 Å². The van der Waals surface area contributed by atoms with E-state index in [1.165, 1.54) is 5.57 Å². The third kappa shape index (κ3) is 5.65. The van der Waals surface area contributed by atoms with Crippen molar-refractivity contribution in [3.05, 3.63) is 160 Å². The quantitative estimate of drug-likeness (QED) is 0.188. The zero-order valence-corrected chi connectivity index (χ0v) is 22.6. The number of rotatable bonds is 9. The largest absolute Gasteiger partial charge is 0.489 e. The summed E-state index contributed by atoms with van der Waals surface area (Å²) in [5.74, 6) is 0.314. The monoisotopic (exact) mass is 528 g/mol. The molecule has 0 saturated carbocycles. The topological polar surface area (TPSA) is 70.9 Å². The number of hydrogen-bond donors (Lipinski definition) is 2. The zero-order valence-electron chi connectivity index (χ0n) is 22.6. The maximum atomic E-state index is 13.3. The molecular formula is C35H32N2O3. The summed E-state index contributed by atoms with van der Waals surface area (Å²) in [6, 6.07) is 36.1. The van der Waals surface area contributed by atoms with Crippen LogP contribution in [-0.2, 0) is 17.0 Å². The van der Waals surface area contributed by atoms with Crippen molar-refractivity contribution in [3.63, 3.8) is 0 Å². The summed E-state index contributed by atoms with van der Waals surface area (Å²) < 4.78 is 5.94.